The number of nitrogens with two attached hydrogens (primary N) is 1. The van der Waals surface area contributed by atoms with Gasteiger partial charge in [0.25, 0.3) is 0 Å². The minimum Gasteiger partial charge on any atom is -0.497 e. The lowest BCUT2D eigenvalue weighted by atomic mass is 10.0. The molecule has 88 valence electrons. The summed E-state index contributed by atoms with van der Waals surface area (Å²) in [6.45, 7) is 5.92. The molecular weight excluding hydrogens is 200 g/mol. The van der Waals surface area contributed by atoms with E-state index in [0.29, 0.717) is 0 Å². The number of methoxy groups -OCH3 is 1. The summed E-state index contributed by atoms with van der Waals surface area (Å²) >= 11 is 0. The van der Waals surface area contributed by atoms with Crippen molar-refractivity contribution in [1.82, 2.24) is 5.43 Å². The molecule has 0 saturated heterocycles. The van der Waals surface area contributed by atoms with Crippen molar-refractivity contribution in [1.29, 1.82) is 0 Å². The van der Waals surface area contributed by atoms with E-state index in [-0.39, 0.29) is 6.04 Å². The average molecular weight is 220 g/mol. The highest BCUT2D eigenvalue weighted by Gasteiger charge is 2.09. The topological polar surface area (TPSA) is 47.3 Å². The summed E-state index contributed by atoms with van der Waals surface area (Å²) in [5, 5.41) is 0. The average Bonchev–Trinajstić information content (AvgIpc) is 2.30. The van der Waals surface area contributed by atoms with E-state index in [1.807, 2.05) is 31.2 Å². The second kappa shape index (κ2) is 6.30. The molecule has 1 atom stereocenters. The Morgan fingerprint density at radius 2 is 2.06 bits per heavy atom. The number of ether oxygens (including phenoxy) is 1. The Balaban J connectivity index is 2.66. The standard InChI is InChI=1S/C13H20N2O/c1-10(2)4-9-13(15-14)11-5-7-12(16-3)8-6-11/h5-8,13,15H,1,4,9,14H2,2-3H3. The van der Waals surface area contributed by atoms with Gasteiger partial charge >= 0.3 is 0 Å². The number of benzene rings is 1. The summed E-state index contributed by atoms with van der Waals surface area (Å²) in [5.41, 5.74) is 5.17. The van der Waals surface area contributed by atoms with E-state index >= 15 is 0 Å². The van der Waals surface area contributed by atoms with Crippen molar-refractivity contribution in [3.63, 3.8) is 0 Å². The summed E-state index contributed by atoms with van der Waals surface area (Å²) in [7, 11) is 1.66. The van der Waals surface area contributed by atoms with Gasteiger partial charge in [-0.3, -0.25) is 11.3 Å². The van der Waals surface area contributed by atoms with Crippen LogP contribution in [0.15, 0.2) is 36.4 Å². The van der Waals surface area contributed by atoms with Gasteiger partial charge in [-0.05, 0) is 37.5 Å². The van der Waals surface area contributed by atoms with Crippen LogP contribution in [0, 0.1) is 0 Å². The van der Waals surface area contributed by atoms with Crippen molar-refractivity contribution in [2.24, 2.45) is 5.84 Å². The summed E-state index contributed by atoms with van der Waals surface area (Å²) < 4.78 is 5.11. The fourth-order valence-corrected chi connectivity index (χ4v) is 1.57. The lowest BCUT2D eigenvalue weighted by Gasteiger charge is -2.16. The molecule has 0 aliphatic rings. The van der Waals surface area contributed by atoms with Crippen LogP contribution in [0.1, 0.15) is 31.4 Å². The second-order valence-corrected chi connectivity index (χ2v) is 3.99. The van der Waals surface area contributed by atoms with Crippen LogP contribution in [-0.4, -0.2) is 7.11 Å². The minimum atomic E-state index is 0.169. The predicted octanol–water partition coefficient (Wildman–Crippen LogP) is 2.56. The zero-order valence-corrected chi connectivity index (χ0v) is 9.99. The van der Waals surface area contributed by atoms with Crippen LogP contribution in [0.4, 0.5) is 0 Å². The molecule has 0 radical (unpaired) electrons. The SMILES string of the molecule is C=C(C)CCC(NN)c1ccc(OC)cc1. The second-order valence-electron chi connectivity index (χ2n) is 3.99. The summed E-state index contributed by atoms with van der Waals surface area (Å²) in [5.74, 6) is 6.41. The van der Waals surface area contributed by atoms with Crippen molar-refractivity contribution in [3.05, 3.63) is 42.0 Å². The fourth-order valence-electron chi connectivity index (χ4n) is 1.57. The van der Waals surface area contributed by atoms with Gasteiger partial charge in [0.2, 0.25) is 0 Å². The predicted molar refractivity (Wildman–Crippen MR) is 67.1 cm³/mol. The molecule has 1 unspecified atom stereocenters. The Labute approximate surface area is 97.3 Å². The Bertz CT molecular complexity index is 332. The number of hydrazine groups is 1. The first kappa shape index (κ1) is 12.7. The van der Waals surface area contributed by atoms with Crippen molar-refractivity contribution in [2.75, 3.05) is 7.11 Å². The van der Waals surface area contributed by atoms with Crippen molar-refractivity contribution >= 4 is 0 Å². The van der Waals surface area contributed by atoms with Gasteiger partial charge in [0.1, 0.15) is 5.75 Å². The van der Waals surface area contributed by atoms with E-state index in [9.17, 15) is 0 Å². The Hall–Kier alpha value is -1.32. The molecule has 3 heteroatoms. The molecule has 0 saturated carbocycles. The molecule has 0 bridgehead atoms. The van der Waals surface area contributed by atoms with E-state index in [0.717, 1.165) is 18.6 Å². The summed E-state index contributed by atoms with van der Waals surface area (Å²) in [4.78, 5) is 0. The smallest absolute Gasteiger partial charge is 0.118 e. The fraction of sp³-hybridized carbons (Fsp3) is 0.385. The minimum absolute atomic E-state index is 0.169. The quantitative estimate of drug-likeness (QED) is 0.440. The van der Waals surface area contributed by atoms with Crippen molar-refractivity contribution in [2.45, 2.75) is 25.8 Å². The first-order valence-corrected chi connectivity index (χ1v) is 5.42. The highest BCUT2D eigenvalue weighted by atomic mass is 16.5. The first-order chi connectivity index (χ1) is 7.67. The van der Waals surface area contributed by atoms with Crippen LogP contribution in [0.2, 0.25) is 0 Å². The zero-order valence-electron chi connectivity index (χ0n) is 9.99. The number of rotatable bonds is 6. The molecule has 1 rings (SSSR count). The molecule has 3 nitrogen and oxygen atoms in total. The molecule has 0 spiro atoms. The molecule has 16 heavy (non-hydrogen) atoms. The third-order valence-electron chi connectivity index (χ3n) is 2.58. The van der Waals surface area contributed by atoms with Crippen LogP contribution in [0.3, 0.4) is 0 Å². The molecule has 3 N–H and O–H groups in total. The third kappa shape index (κ3) is 3.68. The van der Waals surface area contributed by atoms with Crippen molar-refractivity contribution in [3.8, 4) is 5.75 Å². The molecule has 0 aromatic heterocycles. The van der Waals surface area contributed by atoms with Crippen molar-refractivity contribution < 1.29 is 4.74 Å². The van der Waals surface area contributed by atoms with Gasteiger partial charge in [-0.1, -0.05) is 17.7 Å². The van der Waals surface area contributed by atoms with Gasteiger partial charge in [-0.15, -0.1) is 6.58 Å². The van der Waals surface area contributed by atoms with E-state index < -0.39 is 0 Å². The van der Waals surface area contributed by atoms with Gasteiger partial charge in [-0.25, -0.2) is 0 Å². The molecule has 1 aromatic rings. The van der Waals surface area contributed by atoms with E-state index in [1.54, 1.807) is 7.11 Å². The lowest BCUT2D eigenvalue weighted by molar-refractivity contribution is 0.414. The van der Waals surface area contributed by atoms with Gasteiger partial charge in [0.15, 0.2) is 0 Å². The van der Waals surface area contributed by atoms with Crippen LogP contribution >= 0.6 is 0 Å². The van der Waals surface area contributed by atoms with Gasteiger partial charge in [0.05, 0.1) is 7.11 Å². The highest BCUT2D eigenvalue weighted by Crippen LogP contribution is 2.21. The number of hydrogen-bond acceptors (Lipinski definition) is 3. The third-order valence-corrected chi connectivity index (χ3v) is 2.58. The molecule has 0 aliphatic carbocycles. The molecule has 0 heterocycles. The summed E-state index contributed by atoms with van der Waals surface area (Å²) in [6, 6.07) is 8.12. The van der Waals surface area contributed by atoms with Crippen LogP contribution in [-0.2, 0) is 0 Å². The normalized spacial score (nSPS) is 12.2. The number of nitrogens with one attached hydrogen (secondary N) is 1. The van der Waals surface area contributed by atoms with Crippen LogP contribution in [0.5, 0.6) is 5.75 Å². The monoisotopic (exact) mass is 220 g/mol. The maximum atomic E-state index is 5.55. The first-order valence-electron chi connectivity index (χ1n) is 5.42. The molecule has 1 aromatic carbocycles. The van der Waals surface area contributed by atoms with Gasteiger partial charge in [0, 0.05) is 6.04 Å². The molecule has 0 amide bonds. The Kier molecular flexibility index (Phi) is 5.02. The molecular formula is C13H20N2O. The van der Waals surface area contributed by atoms with Crippen LogP contribution < -0.4 is 16.0 Å². The Morgan fingerprint density at radius 1 is 1.44 bits per heavy atom. The maximum absolute atomic E-state index is 5.55. The van der Waals surface area contributed by atoms with E-state index in [2.05, 4.69) is 12.0 Å². The lowest BCUT2D eigenvalue weighted by Crippen LogP contribution is -2.27. The van der Waals surface area contributed by atoms with Crippen LogP contribution in [0.25, 0.3) is 0 Å². The van der Waals surface area contributed by atoms with Gasteiger partial charge in [-0.2, -0.15) is 0 Å². The van der Waals surface area contributed by atoms with Gasteiger partial charge < -0.3 is 4.74 Å². The largest absolute Gasteiger partial charge is 0.497 e. The van der Waals surface area contributed by atoms with E-state index in [1.165, 1.54) is 11.1 Å². The van der Waals surface area contributed by atoms with E-state index in [4.69, 9.17) is 10.6 Å². The summed E-state index contributed by atoms with van der Waals surface area (Å²) in [6.07, 6.45) is 1.93. The Morgan fingerprint density at radius 3 is 2.50 bits per heavy atom. The number of hydrogen-bond donors (Lipinski definition) is 2. The molecule has 0 fully saturated rings. The molecule has 0 aliphatic heterocycles. The maximum Gasteiger partial charge on any atom is 0.118 e. The zero-order chi connectivity index (χ0) is 12.0. The highest BCUT2D eigenvalue weighted by molar-refractivity contribution is 5.29. The number of allylic oxidation sites excluding steroid dienone is 1.